The molecule has 1 unspecified atom stereocenters. The zero-order chi connectivity index (χ0) is 23.5. The Kier molecular flexibility index (Phi) is 6.75. The SMILES string of the molecule is CCC[C@@H]1Nc2ccccc2[C@H]2[C@@H]1CCN2C(=O)C1CCCC[C@H]1NC(=O)Nc1ccccc1. The van der Waals surface area contributed by atoms with Crippen molar-refractivity contribution in [3.05, 3.63) is 60.2 Å². The highest BCUT2D eigenvalue weighted by Gasteiger charge is 2.47. The molecule has 1 saturated heterocycles. The van der Waals surface area contributed by atoms with Crippen molar-refractivity contribution in [3.63, 3.8) is 0 Å². The fourth-order valence-corrected chi connectivity index (χ4v) is 6.34. The van der Waals surface area contributed by atoms with E-state index in [4.69, 9.17) is 0 Å². The monoisotopic (exact) mass is 460 g/mol. The highest BCUT2D eigenvalue weighted by Crippen LogP contribution is 2.48. The van der Waals surface area contributed by atoms with Crippen LogP contribution in [0.4, 0.5) is 16.2 Å². The van der Waals surface area contributed by atoms with Crippen LogP contribution in [0.25, 0.3) is 0 Å². The molecular weight excluding hydrogens is 424 g/mol. The second kappa shape index (κ2) is 10.1. The van der Waals surface area contributed by atoms with Crippen LogP contribution in [0.3, 0.4) is 0 Å². The van der Waals surface area contributed by atoms with Crippen LogP contribution >= 0.6 is 0 Å². The summed E-state index contributed by atoms with van der Waals surface area (Å²) in [7, 11) is 0. The summed E-state index contributed by atoms with van der Waals surface area (Å²) < 4.78 is 0. The fourth-order valence-electron chi connectivity index (χ4n) is 6.34. The predicted octanol–water partition coefficient (Wildman–Crippen LogP) is 5.55. The molecule has 2 aromatic rings. The molecule has 0 aromatic heterocycles. The Balaban J connectivity index is 1.34. The van der Waals surface area contributed by atoms with E-state index in [0.717, 1.165) is 57.2 Å². The number of anilines is 2. The van der Waals surface area contributed by atoms with Gasteiger partial charge in [-0.1, -0.05) is 62.6 Å². The highest BCUT2D eigenvalue weighted by molar-refractivity contribution is 5.90. The highest BCUT2D eigenvalue weighted by atomic mass is 16.2. The van der Waals surface area contributed by atoms with E-state index >= 15 is 0 Å². The number of benzene rings is 2. The molecular formula is C28H36N4O2. The third-order valence-corrected chi connectivity index (χ3v) is 7.90. The van der Waals surface area contributed by atoms with Crippen LogP contribution in [0.15, 0.2) is 54.6 Å². The normalized spacial score (nSPS) is 27.8. The van der Waals surface area contributed by atoms with Gasteiger partial charge >= 0.3 is 6.03 Å². The van der Waals surface area contributed by atoms with Gasteiger partial charge in [-0.2, -0.15) is 0 Å². The minimum Gasteiger partial charge on any atom is -0.382 e. The number of carbonyl (C=O) groups is 2. The number of para-hydroxylation sites is 2. The van der Waals surface area contributed by atoms with Gasteiger partial charge in [0.25, 0.3) is 0 Å². The van der Waals surface area contributed by atoms with Crippen LogP contribution in [0.2, 0.25) is 0 Å². The molecule has 6 nitrogen and oxygen atoms in total. The molecule has 3 amide bonds. The molecule has 5 rings (SSSR count). The van der Waals surface area contributed by atoms with Gasteiger partial charge in [-0.3, -0.25) is 4.79 Å². The summed E-state index contributed by atoms with van der Waals surface area (Å²) in [5.41, 5.74) is 3.17. The van der Waals surface area contributed by atoms with Crippen LogP contribution in [0, 0.1) is 11.8 Å². The van der Waals surface area contributed by atoms with Gasteiger partial charge in [0.15, 0.2) is 0 Å². The quantitative estimate of drug-likeness (QED) is 0.548. The Morgan fingerprint density at radius 3 is 2.59 bits per heavy atom. The molecule has 3 aliphatic rings. The van der Waals surface area contributed by atoms with E-state index in [1.807, 2.05) is 30.3 Å². The number of nitrogens with zero attached hydrogens (tertiary/aromatic N) is 1. The zero-order valence-electron chi connectivity index (χ0n) is 20.0. The average molecular weight is 461 g/mol. The summed E-state index contributed by atoms with van der Waals surface area (Å²) in [6.07, 6.45) is 7.03. The third-order valence-electron chi connectivity index (χ3n) is 7.90. The standard InChI is InChI=1S/C28H36N4O2/c1-2-10-23-21-17-18-32(26(21)20-13-6-8-15-24(20)30-23)27(33)22-14-7-9-16-25(22)31-28(34)29-19-11-4-3-5-12-19/h3-6,8,11-13,15,21-23,25-26,30H,2,7,9-10,14,16-18H2,1H3,(H2,29,31,34)/t21-,22?,23+,25-,26+/m1/s1. The van der Waals surface area contributed by atoms with Gasteiger partial charge in [-0.15, -0.1) is 0 Å². The van der Waals surface area contributed by atoms with Crippen molar-refractivity contribution in [1.29, 1.82) is 0 Å². The molecule has 180 valence electrons. The first kappa shape index (κ1) is 22.8. The first-order valence-corrected chi connectivity index (χ1v) is 12.9. The van der Waals surface area contributed by atoms with E-state index in [-0.39, 0.29) is 29.9 Å². The van der Waals surface area contributed by atoms with Gasteiger partial charge in [-0.05, 0) is 49.4 Å². The smallest absolute Gasteiger partial charge is 0.319 e. The van der Waals surface area contributed by atoms with Crippen molar-refractivity contribution in [1.82, 2.24) is 10.2 Å². The first-order chi connectivity index (χ1) is 16.7. The Morgan fingerprint density at radius 1 is 1.00 bits per heavy atom. The van der Waals surface area contributed by atoms with Crippen molar-refractivity contribution in [2.75, 3.05) is 17.2 Å². The Hall–Kier alpha value is -3.02. The third kappa shape index (κ3) is 4.50. The van der Waals surface area contributed by atoms with E-state index in [2.05, 4.69) is 52.0 Å². The molecule has 0 radical (unpaired) electrons. The second-order valence-corrected chi connectivity index (χ2v) is 10.0. The number of likely N-dealkylation sites (tertiary alicyclic amines) is 1. The van der Waals surface area contributed by atoms with Crippen molar-refractivity contribution < 1.29 is 9.59 Å². The maximum Gasteiger partial charge on any atom is 0.319 e. The fraction of sp³-hybridized carbons (Fsp3) is 0.500. The number of hydrogen-bond acceptors (Lipinski definition) is 3. The van der Waals surface area contributed by atoms with Gasteiger partial charge in [0.1, 0.15) is 0 Å². The van der Waals surface area contributed by atoms with Crippen LogP contribution in [-0.2, 0) is 4.79 Å². The molecule has 3 N–H and O–H groups in total. The zero-order valence-corrected chi connectivity index (χ0v) is 20.0. The summed E-state index contributed by atoms with van der Waals surface area (Å²) >= 11 is 0. The number of nitrogens with one attached hydrogen (secondary N) is 3. The van der Waals surface area contributed by atoms with Gasteiger partial charge in [0, 0.05) is 35.9 Å². The van der Waals surface area contributed by atoms with E-state index in [1.54, 1.807) is 0 Å². The van der Waals surface area contributed by atoms with E-state index in [9.17, 15) is 9.59 Å². The first-order valence-electron chi connectivity index (χ1n) is 12.9. The number of fused-ring (bicyclic) bond motifs is 3. The average Bonchev–Trinajstić information content (AvgIpc) is 3.31. The minimum absolute atomic E-state index is 0.127. The lowest BCUT2D eigenvalue weighted by Crippen LogP contribution is -2.51. The Bertz CT molecular complexity index is 1010. The van der Waals surface area contributed by atoms with Crippen molar-refractivity contribution in [3.8, 4) is 0 Å². The van der Waals surface area contributed by atoms with Crippen molar-refractivity contribution in [2.24, 2.45) is 11.8 Å². The second-order valence-electron chi connectivity index (χ2n) is 10.0. The summed E-state index contributed by atoms with van der Waals surface area (Å²) in [6.45, 7) is 3.03. The van der Waals surface area contributed by atoms with E-state index in [0.29, 0.717) is 12.0 Å². The summed E-state index contributed by atoms with van der Waals surface area (Å²) in [6, 6.07) is 18.1. The Labute approximate surface area is 202 Å². The van der Waals surface area contributed by atoms with E-state index < -0.39 is 0 Å². The van der Waals surface area contributed by atoms with Gasteiger partial charge in [0.05, 0.1) is 12.0 Å². The number of rotatable bonds is 5. The number of carbonyl (C=O) groups excluding carboxylic acids is 2. The number of hydrogen-bond donors (Lipinski definition) is 3. The molecule has 6 heteroatoms. The van der Waals surface area contributed by atoms with Crippen molar-refractivity contribution in [2.45, 2.75) is 70.0 Å². The summed E-state index contributed by atoms with van der Waals surface area (Å²) in [5.74, 6) is 0.486. The largest absolute Gasteiger partial charge is 0.382 e. The molecule has 34 heavy (non-hydrogen) atoms. The van der Waals surface area contributed by atoms with Crippen LogP contribution in [-0.4, -0.2) is 35.5 Å². The van der Waals surface area contributed by atoms with Gasteiger partial charge in [-0.25, -0.2) is 4.79 Å². The van der Waals surface area contributed by atoms with Gasteiger partial charge < -0.3 is 20.9 Å². The number of urea groups is 1. The maximum absolute atomic E-state index is 14.0. The van der Waals surface area contributed by atoms with Crippen LogP contribution in [0.5, 0.6) is 0 Å². The number of amides is 3. The lowest BCUT2D eigenvalue weighted by atomic mass is 9.80. The van der Waals surface area contributed by atoms with Gasteiger partial charge in [0.2, 0.25) is 5.91 Å². The molecule has 0 spiro atoms. The van der Waals surface area contributed by atoms with Crippen LogP contribution < -0.4 is 16.0 Å². The predicted molar refractivity (Wildman–Crippen MR) is 136 cm³/mol. The molecule has 0 bridgehead atoms. The topological polar surface area (TPSA) is 73.5 Å². The minimum atomic E-state index is -0.231. The molecule has 2 heterocycles. The van der Waals surface area contributed by atoms with E-state index in [1.165, 1.54) is 11.3 Å². The molecule has 1 saturated carbocycles. The molecule has 2 fully saturated rings. The van der Waals surface area contributed by atoms with Crippen LogP contribution in [0.1, 0.15) is 63.5 Å². The van der Waals surface area contributed by atoms with Crippen molar-refractivity contribution >= 4 is 23.3 Å². The molecule has 1 aliphatic carbocycles. The molecule has 2 aromatic carbocycles. The maximum atomic E-state index is 14.0. The molecule has 5 atom stereocenters. The lowest BCUT2D eigenvalue weighted by molar-refractivity contribution is -0.138. The molecule has 2 aliphatic heterocycles. The summed E-state index contributed by atoms with van der Waals surface area (Å²) in [5, 5.41) is 9.81. The summed E-state index contributed by atoms with van der Waals surface area (Å²) in [4.78, 5) is 28.9. The Morgan fingerprint density at radius 2 is 1.76 bits per heavy atom. The lowest BCUT2D eigenvalue weighted by Gasteiger charge is -2.42.